The zero-order valence-corrected chi connectivity index (χ0v) is 13.0. The first kappa shape index (κ1) is 15.4. The number of nitrogens with zero attached hydrogens (tertiary/aromatic N) is 3. The lowest BCUT2D eigenvalue weighted by molar-refractivity contribution is 0.0854. The van der Waals surface area contributed by atoms with E-state index in [4.69, 9.17) is 4.74 Å². The SMILES string of the molecule is Cn1c(=O)c2ccc(C(=O)NC[C@@H]3CCCO3)nc2n(C)c1=O. The van der Waals surface area contributed by atoms with Gasteiger partial charge in [-0.2, -0.15) is 0 Å². The minimum absolute atomic E-state index is 0.0380. The highest BCUT2D eigenvalue weighted by Crippen LogP contribution is 2.11. The number of amides is 1. The number of carbonyl (C=O) groups is 1. The predicted octanol–water partition coefficient (Wildman–Crippen LogP) is -0.459. The van der Waals surface area contributed by atoms with E-state index < -0.39 is 11.2 Å². The molecular formula is C15H18N4O4. The Labute approximate surface area is 131 Å². The van der Waals surface area contributed by atoms with Gasteiger partial charge >= 0.3 is 5.69 Å². The number of hydrogen-bond acceptors (Lipinski definition) is 5. The van der Waals surface area contributed by atoms with Gasteiger partial charge in [-0.25, -0.2) is 9.78 Å². The average Bonchev–Trinajstić information content (AvgIpc) is 3.08. The fraction of sp³-hybridized carbons (Fsp3) is 0.467. The number of fused-ring (bicyclic) bond motifs is 1. The first-order valence-electron chi connectivity index (χ1n) is 7.45. The highest BCUT2D eigenvalue weighted by molar-refractivity contribution is 5.94. The molecule has 8 nitrogen and oxygen atoms in total. The van der Waals surface area contributed by atoms with E-state index in [-0.39, 0.29) is 23.4 Å². The van der Waals surface area contributed by atoms with Crippen molar-refractivity contribution in [1.29, 1.82) is 0 Å². The van der Waals surface area contributed by atoms with Crippen molar-refractivity contribution in [2.45, 2.75) is 18.9 Å². The lowest BCUT2D eigenvalue weighted by Gasteiger charge is -2.11. The van der Waals surface area contributed by atoms with Crippen molar-refractivity contribution in [2.75, 3.05) is 13.2 Å². The molecule has 3 rings (SSSR count). The molecule has 0 aliphatic carbocycles. The maximum absolute atomic E-state index is 12.2. The van der Waals surface area contributed by atoms with E-state index >= 15 is 0 Å². The standard InChI is InChI=1S/C15H18N4O4/c1-18-12-10(14(21)19(2)15(18)22)5-6-11(17-12)13(20)16-8-9-4-3-7-23-9/h5-6,9H,3-4,7-8H2,1-2H3,(H,16,20)/t9-/m0/s1. The van der Waals surface area contributed by atoms with E-state index in [0.717, 1.165) is 24.0 Å². The Morgan fingerprint density at radius 1 is 1.35 bits per heavy atom. The smallest absolute Gasteiger partial charge is 0.332 e. The van der Waals surface area contributed by atoms with Gasteiger partial charge in [-0.1, -0.05) is 0 Å². The molecule has 0 spiro atoms. The van der Waals surface area contributed by atoms with Crippen molar-refractivity contribution in [2.24, 2.45) is 14.1 Å². The second kappa shape index (κ2) is 5.96. The van der Waals surface area contributed by atoms with Crippen LogP contribution in [-0.4, -0.2) is 39.3 Å². The number of carbonyl (C=O) groups excluding carboxylic acids is 1. The molecule has 23 heavy (non-hydrogen) atoms. The third-order valence-electron chi connectivity index (χ3n) is 4.05. The Kier molecular flexibility index (Phi) is 3.99. The van der Waals surface area contributed by atoms with Crippen LogP contribution in [0.5, 0.6) is 0 Å². The van der Waals surface area contributed by atoms with Crippen LogP contribution >= 0.6 is 0 Å². The van der Waals surface area contributed by atoms with Crippen LogP contribution in [0.25, 0.3) is 11.0 Å². The summed E-state index contributed by atoms with van der Waals surface area (Å²) in [5, 5.41) is 3.07. The molecule has 8 heteroatoms. The Balaban J connectivity index is 1.92. The second-order valence-electron chi connectivity index (χ2n) is 5.62. The molecule has 1 aliphatic heterocycles. The van der Waals surface area contributed by atoms with Crippen LogP contribution < -0.4 is 16.6 Å². The Bertz CT molecular complexity index is 877. The Hall–Kier alpha value is -2.48. The number of nitrogens with one attached hydrogen (secondary N) is 1. The monoisotopic (exact) mass is 318 g/mol. The van der Waals surface area contributed by atoms with Crippen LogP contribution in [0.2, 0.25) is 0 Å². The first-order chi connectivity index (χ1) is 11.0. The lowest BCUT2D eigenvalue weighted by Crippen LogP contribution is -2.38. The predicted molar refractivity (Wildman–Crippen MR) is 83.5 cm³/mol. The second-order valence-corrected chi connectivity index (χ2v) is 5.62. The van der Waals surface area contributed by atoms with Crippen LogP contribution in [0.1, 0.15) is 23.3 Å². The van der Waals surface area contributed by atoms with Gasteiger partial charge < -0.3 is 10.1 Å². The van der Waals surface area contributed by atoms with Gasteiger partial charge in [0, 0.05) is 27.2 Å². The molecule has 0 saturated carbocycles. The highest BCUT2D eigenvalue weighted by Gasteiger charge is 2.18. The van der Waals surface area contributed by atoms with Gasteiger partial charge in [-0.05, 0) is 25.0 Å². The van der Waals surface area contributed by atoms with E-state index in [9.17, 15) is 14.4 Å². The van der Waals surface area contributed by atoms with Gasteiger partial charge in [0.05, 0.1) is 11.5 Å². The van der Waals surface area contributed by atoms with Gasteiger partial charge in [-0.3, -0.25) is 18.7 Å². The normalized spacial score (nSPS) is 17.6. The van der Waals surface area contributed by atoms with Gasteiger partial charge in [0.15, 0.2) is 0 Å². The number of hydrogen-bond donors (Lipinski definition) is 1. The summed E-state index contributed by atoms with van der Waals surface area (Å²) in [7, 11) is 2.93. The fourth-order valence-corrected chi connectivity index (χ4v) is 2.68. The molecular weight excluding hydrogens is 300 g/mol. The van der Waals surface area contributed by atoms with Crippen LogP contribution in [0.15, 0.2) is 21.7 Å². The maximum atomic E-state index is 12.2. The number of rotatable bonds is 3. The first-order valence-corrected chi connectivity index (χ1v) is 7.45. The van der Waals surface area contributed by atoms with Crippen molar-refractivity contribution in [3.63, 3.8) is 0 Å². The fourth-order valence-electron chi connectivity index (χ4n) is 2.68. The third-order valence-corrected chi connectivity index (χ3v) is 4.05. The molecule has 1 N–H and O–H groups in total. The molecule has 0 aromatic carbocycles. The van der Waals surface area contributed by atoms with Crippen molar-refractivity contribution >= 4 is 16.9 Å². The van der Waals surface area contributed by atoms with E-state index in [0.29, 0.717) is 11.9 Å². The number of pyridine rings is 1. The summed E-state index contributed by atoms with van der Waals surface area (Å²) >= 11 is 0. The minimum Gasteiger partial charge on any atom is -0.376 e. The summed E-state index contributed by atoms with van der Waals surface area (Å²) in [6.07, 6.45) is 1.96. The van der Waals surface area contributed by atoms with E-state index in [1.807, 2.05) is 0 Å². The summed E-state index contributed by atoms with van der Waals surface area (Å²) in [6, 6.07) is 3.00. The summed E-state index contributed by atoms with van der Waals surface area (Å²) in [4.78, 5) is 40.4. The summed E-state index contributed by atoms with van der Waals surface area (Å²) < 4.78 is 7.72. The Morgan fingerprint density at radius 3 is 2.83 bits per heavy atom. The van der Waals surface area contributed by atoms with Crippen LogP contribution in [0, 0.1) is 0 Å². The van der Waals surface area contributed by atoms with Crippen molar-refractivity contribution < 1.29 is 9.53 Å². The molecule has 0 bridgehead atoms. The van der Waals surface area contributed by atoms with Gasteiger partial charge in [0.1, 0.15) is 11.3 Å². The van der Waals surface area contributed by atoms with Crippen LogP contribution in [0.4, 0.5) is 0 Å². The third kappa shape index (κ3) is 2.77. The molecule has 1 fully saturated rings. The molecule has 0 unspecified atom stereocenters. The van der Waals surface area contributed by atoms with Crippen molar-refractivity contribution in [1.82, 2.24) is 19.4 Å². The molecule has 1 saturated heterocycles. The summed E-state index contributed by atoms with van der Waals surface area (Å²) in [5.41, 5.74) is -0.546. The number of aromatic nitrogens is 3. The molecule has 2 aromatic rings. The summed E-state index contributed by atoms with van der Waals surface area (Å²) in [6.45, 7) is 1.15. The van der Waals surface area contributed by atoms with Crippen LogP contribution in [0.3, 0.4) is 0 Å². The number of aryl methyl sites for hydroxylation is 1. The zero-order valence-electron chi connectivity index (χ0n) is 13.0. The van der Waals surface area contributed by atoms with Crippen LogP contribution in [-0.2, 0) is 18.8 Å². The van der Waals surface area contributed by atoms with E-state index in [2.05, 4.69) is 10.3 Å². The molecule has 0 radical (unpaired) electrons. The molecule has 3 heterocycles. The van der Waals surface area contributed by atoms with E-state index in [1.54, 1.807) is 0 Å². The maximum Gasteiger partial charge on any atom is 0.332 e. The number of ether oxygens (including phenoxy) is 1. The lowest BCUT2D eigenvalue weighted by atomic mass is 10.2. The highest BCUT2D eigenvalue weighted by atomic mass is 16.5. The quantitative estimate of drug-likeness (QED) is 0.826. The molecule has 1 aliphatic rings. The summed E-state index contributed by atoms with van der Waals surface area (Å²) in [5.74, 6) is -0.351. The molecule has 2 aromatic heterocycles. The topological polar surface area (TPSA) is 95.2 Å². The van der Waals surface area contributed by atoms with Crippen molar-refractivity contribution in [3.05, 3.63) is 38.7 Å². The zero-order chi connectivity index (χ0) is 16.6. The van der Waals surface area contributed by atoms with Gasteiger partial charge in [0.2, 0.25) is 0 Å². The van der Waals surface area contributed by atoms with E-state index in [1.165, 1.54) is 30.8 Å². The van der Waals surface area contributed by atoms with Crippen molar-refractivity contribution in [3.8, 4) is 0 Å². The minimum atomic E-state index is -0.480. The Morgan fingerprint density at radius 2 is 2.13 bits per heavy atom. The molecule has 1 atom stereocenters. The molecule has 1 amide bonds. The van der Waals surface area contributed by atoms with Gasteiger partial charge in [-0.15, -0.1) is 0 Å². The largest absolute Gasteiger partial charge is 0.376 e. The average molecular weight is 318 g/mol. The van der Waals surface area contributed by atoms with Gasteiger partial charge in [0.25, 0.3) is 11.5 Å². The molecule has 122 valence electrons.